The molecule has 0 aliphatic heterocycles. The molecular weight excluding hydrogens is 336 g/mol. The second-order valence-corrected chi connectivity index (χ2v) is 7.49. The molecule has 1 N–H and O–H groups in total. The van der Waals surface area contributed by atoms with Crippen LogP contribution >= 0.6 is 0 Å². The molecule has 2 amide bonds. The molecule has 0 aliphatic rings. The average Bonchev–Trinajstić information content (AvgIpc) is 2.52. The van der Waals surface area contributed by atoms with E-state index in [2.05, 4.69) is 0 Å². The zero-order valence-corrected chi connectivity index (χ0v) is 14.7. The van der Waals surface area contributed by atoms with Crippen molar-refractivity contribution in [2.75, 3.05) is 26.9 Å². The number of amides is 2. The van der Waals surface area contributed by atoms with Crippen LogP contribution in [0.1, 0.15) is 17.3 Å². The lowest BCUT2D eigenvalue weighted by Gasteiger charge is -2.21. The Morgan fingerprint density at radius 3 is 2.00 bits per heavy atom. The highest BCUT2D eigenvalue weighted by Crippen LogP contribution is 2.15. The largest absolute Gasteiger partial charge is 0.480 e. The van der Waals surface area contributed by atoms with Gasteiger partial charge in [-0.25, -0.2) is 13.2 Å². The zero-order valence-electron chi connectivity index (χ0n) is 13.9. The molecule has 132 valence electrons. The van der Waals surface area contributed by atoms with Gasteiger partial charge in [-0.1, -0.05) is 0 Å². The summed E-state index contributed by atoms with van der Waals surface area (Å²) in [5.74, 6) is -2.90. The van der Waals surface area contributed by atoms with Crippen molar-refractivity contribution < 1.29 is 27.9 Å². The number of benzene rings is 1. The standard InChI is InChI=1S/C15H20N2O6S/c1-10(15(20)21)17(4)14(19)11-5-7-12(8-6-11)24(22,23)9-13(18)16(2)3/h5-8,10H,9H2,1-4H3,(H,20,21). The maximum Gasteiger partial charge on any atom is 0.326 e. The summed E-state index contributed by atoms with van der Waals surface area (Å²) in [7, 11) is 0.456. The highest BCUT2D eigenvalue weighted by molar-refractivity contribution is 7.92. The third-order valence-corrected chi connectivity index (χ3v) is 5.15. The van der Waals surface area contributed by atoms with Gasteiger partial charge in [0.15, 0.2) is 9.84 Å². The summed E-state index contributed by atoms with van der Waals surface area (Å²) in [6.45, 7) is 1.37. The van der Waals surface area contributed by atoms with Crippen LogP contribution in [-0.2, 0) is 19.4 Å². The maximum atomic E-state index is 12.2. The fourth-order valence-electron chi connectivity index (χ4n) is 1.73. The Bertz CT molecular complexity index is 740. The van der Waals surface area contributed by atoms with Gasteiger partial charge in [-0.05, 0) is 31.2 Å². The predicted molar refractivity (Wildman–Crippen MR) is 86.4 cm³/mol. The van der Waals surface area contributed by atoms with Crippen LogP contribution in [0.25, 0.3) is 0 Å². The van der Waals surface area contributed by atoms with Crippen molar-refractivity contribution in [3.8, 4) is 0 Å². The average molecular weight is 356 g/mol. The van der Waals surface area contributed by atoms with Crippen molar-refractivity contribution >= 4 is 27.6 Å². The fourth-order valence-corrected chi connectivity index (χ4v) is 3.03. The van der Waals surface area contributed by atoms with Crippen LogP contribution in [0.15, 0.2) is 29.2 Å². The van der Waals surface area contributed by atoms with Gasteiger partial charge in [0, 0.05) is 26.7 Å². The van der Waals surface area contributed by atoms with Gasteiger partial charge in [0.2, 0.25) is 5.91 Å². The van der Waals surface area contributed by atoms with Crippen LogP contribution in [0.3, 0.4) is 0 Å². The Kier molecular flexibility index (Phi) is 6.08. The number of carbonyl (C=O) groups is 3. The first-order valence-electron chi connectivity index (χ1n) is 7.00. The molecule has 0 saturated heterocycles. The van der Waals surface area contributed by atoms with Crippen LogP contribution in [0.2, 0.25) is 0 Å². The van der Waals surface area contributed by atoms with Gasteiger partial charge in [-0.3, -0.25) is 9.59 Å². The number of carboxylic acids is 1. The van der Waals surface area contributed by atoms with Gasteiger partial charge in [-0.15, -0.1) is 0 Å². The van der Waals surface area contributed by atoms with E-state index in [1.54, 1.807) is 0 Å². The lowest BCUT2D eigenvalue weighted by Crippen LogP contribution is -2.40. The molecule has 9 heteroatoms. The van der Waals surface area contributed by atoms with Gasteiger partial charge < -0.3 is 14.9 Å². The third-order valence-electron chi connectivity index (χ3n) is 3.53. The molecular formula is C15H20N2O6S. The molecule has 0 aromatic heterocycles. The van der Waals surface area contributed by atoms with Crippen molar-refractivity contribution in [3.63, 3.8) is 0 Å². The monoisotopic (exact) mass is 356 g/mol. The number of rotatable bonds is 6. The quantitative estimate of drug-likeness (QED) is 0.773. The zero-order chi connectivity index (χ0) is 18.7. The lowest BCUT2D eigenvalue weighted by atomic mass is 10.2. The summed E-state index contributed by atoms with van der Waals surface area (Å²) in [6.07, 6.45) is 0. The Hall–Kier alpha value is -2.42. The van der Waals surface area contributed by atoms with Crippen LogP contribution in [0, 0.1) is 0 Å². The predicted octanol–water partition coefficient (Wildman–Crippen LogP) is 0.0936. The molecule has 1 unspecified atom stereocenters. The number of aliphatic carboxylic acids is 1. The van der Waals surface area contributed by atoms with E-state index < -0.39 is 39.4 Å². The number of hydrogen-bond donors (Lipinski definition) is 1. The van der Waals surface area contributed by atoms with E-state index in [1.807, 2.05) is 0 Å². The first kappa shape index (κ1) is 19.6. The van der Waals surface area contributed by atoms with Gasteiger partial charge in [-0.2, -0.15) is 0 Å². The normalized spacial score (nSPS) is 12.3. The van der Waals surface area contributed by atoms with Crippen LogP contribution in [0.5, 0.6) is 0 Å². The minimum Gasteiger partial charge on any atom is -0.480 e. The molecule has 0 saturated carbocycles. The van der Waals surface area contributed by atoms with Crippen molar-refractivity contribution in [1.82, 2.24) is 9.80 Å². The molecule has 0 bridgehead atoms. The molecule has 0 fully saturated rings. The molecule has 24 heavy (non-hydrogen) atoms. The van der Waals surface area contributed by atoms with E-state index in [0.29, 0.717) is 0 Å². The van der Waals surface area contributed by atoms with Crippen molar-refractivity contribution in [1.29, 1.82) is 0 Å². The Morgan fingerprint density at radius 1 is 1.08 bits per heavy atom. The molecule has 1 atom stereocenters. The number of nitrogens with zero attached hydrogens (tertiary/aromatic N) is 2. The molecule has 1 aromatic carbocycles. The molecule has 0 radical (unpaired) electrons. The lowest BCUT2D eigenvalue weighted by molar-refractivity contribution is -0.141. The summed E-state index contributed by atoms with van der Waals surface area (Å²) >= 11 is 0. The fraction of sp³-hybridized carbons (Fsp3) is 0.400. The minimum atomic E-state index is -3.81. The summed E-state index contributed by atoms with van der Waals surface area (Å²) < 4.78 is 24.3. The van der Waals surface area contributed by atoms with Crippen molar-refractivity contribution in [2.45, 2.75) is 17.9 Å². The van der Waals surface area contributed by atoms with Crippen LogP contribution < -0.4 is 0 Å². The minimum absolute atomic E-state index is 0.0804. The molecule has 1 aromatic rings. The molecule has 0 aliphatic carbocycles. The highest BCUT2D eigenvalue weighted by Gasteiger charge is 2.24. The smallest absolute Gasteiger partial charge is 0.326 e. The second-order valence-electron chi connectivity index (χ2n) is 5.50. The van der Waals surface area contributed by atoms with Crippen molar-refractivity contribution in [2.24, 2.45) is 0 Å². The van der Waals surface area contributed by atoms with E-state index in [9.17, 15) is 22.8 Å². The molecule has 8 nitrogen and oxygen atoms in total. The van der Waals surface area contributed by atoms with E-state index in [0.717, 1.165) is 4.90 Å². The Labute approximate surface area is 140 Å². The van der Waals surface area contributed by atoms with Gasteiger partial charge in [0.1, 0.15) is 11.8 Å². The van der Waals surface area contributed by atoms with Crippen molar-refractivity contribution in [3.05, 3.63) is 29.8 Å². The third kappa shape index (κ3) is 4.54. The van der Waals surface area contributed by atoms with Gasteiger partial charge in [0.25, 0.3) is 5.91 Å². The summed E-state index contributed by atoms with van der Waals surface area (Å²) in [5.41, 5.74) is 0.156. The maximum absolute atomic E-state index is 12.2. The number of hydrogen-bond acceptors (Lipinski definition) is 5. The number of sulfone groups is 1. The van der Waals surface area contributed by atoms with Crippen LogP contribution in [-0.4, -0.2) is 74.0 Å². The molecule has 1 rings (SSSR count). The van der Waals surface area contributed by atoms with E-state index in [1.165, 1.54) is 57.2 Å². The number of carboxylic acid groups (broad SMARTS) is 1. The first-order chi connectivity index (χ1) is 11.0. The topological polar surface area (TPSA) is 112 Å². The number of carbonyl (C=O) groups excluding carboxylic acids is 2. The first-order valence-corrected chi connectivity index (χ1v) is 8.65. The summed E-state index contributed by atoms with van der Waals surface area (Å²) in [4.78, 5) is 36.8. The second kappa shape index (κ2) is 7.43. The Balaban J connectivity index is 2.99. The number of likely N-dealkylation sites (N-methyl/N-ethyl adjacent to an activating group) is 1. The van der Waals surface area contributed by atoms with Crippen LogP contribution in [0.4, 0.5) is 0 Å². The van der Waals surface area contributed by atoms with E-state index in [4.69, 9.17) is 5.11 Å². The summed E-state index contributed by atoms with van der Waals surface area (Å²) in [5, 5.41) is 8.92. The van der Waals surface area contributed by atoms with E-state index >= 15 is 0 Å². The SMILES string of the molecule is CC(C(=O)O)N(C)C(=O)c1ccc(S(=O)(=O)CC(=O)N(C)C)cc1. The summed E-state index contributed by atoms with van der Waals surface area (Å²) in [6, 6.07) is 4.02. The van der Waals surface area contributed by atoms with Gasteiger partial charge in [0.05, 0.1) is 4.90 Å². The Morgan fingerprint density at radius 2 is 1.58 bits per heavy atom. The molecule has 0 spiro atoms. The molecule has 0 heterocycles. The van der Waals surface area contributed by atoms with E-state index in [-0.39, 0.29) is 10.5 Å². The van der Waals surface area contributed by atoms with Gasteiger partial charge >= 0.3 is 5.97 Å². The highest BCUT2D eigenvalue weighted by atomic mass is 32.2.